The minimum absolute atomic E-state index is 0.0861. The van der Waals surface area contributed by atoms with Crippen molar-refractivity contribution in [3.8, 4) is 5.75 Å². The third-order valence-electron chi connectivity index (χ3n) is 6.72. The fourth-order valence-electron chi connectivity index (χ4n) is 4.56. The summed E-state index contributed by atoms with van der Waals surface area (Å²) in [6, 6.07) is 15.5. The van der Waals surface area contributed by atoms with Crippen LogP contribution >= 0.6 is 0 Å². The topological polar surface area (TPSA) is 100 Å². The largest absolute Gasteiger partial charge is 0.506 e. The molecule has 0 heterocycles. The number of hydrogen-bond donors (Lipinski definition) is 2. The van der Waals surface area contributed by atoms with E-state index < -0.39 is 5.97 Å². The van der Waals surface area contributed by atoms with Crippen LogP contribution in [0.3, 0.4) is 0 Å². The highest BCUT2D eigenvalue weighted by Gasteiger charge is 2.17. The first-order valence-corrected chi connectivity index (χ1v) is 14.3. The van der Waals surface area contributed by atoms with Gasteiger partial charge in [0.15, 0.2) is 0 Å². The first-order valence-electron chi connectivity index (χ1n) is 14.3. The summed E-state index contributed by atoms with van der Waals surface area (Å²) in [4.78, 5) is 25.3. The number of phenols is 1. The molecule has 0 atom stereocenters. The molecule has 1 amide bonds. The Bertz CT molecular complexity index is 1260. The van der Waals surface area contributed by atoms with E-state index >= 15 is 0 Å². The number of rotatable bonds is 16. The average Bonchev–Trinajstić information content (AvgIpc) is 2.96. The van der Waals surface area contributed by atoms with E-state index in [0.717, 1.165) is 12.8 Å². The standard InChI is InChI=1S/C32H41N3O4/c1-3-5-6-7-8-9-10-11-12-17-22-33-31(37)27-23-29(24-18-13-14-19-25(24)30(27)36)35-34-28-21-16-15-20-26(28)32(38)39-4-2/h13-16,18-21,23,36H,3-12,17,22H2,1-2H3,(H,33,37). The molecule has 208 valence electrons. The molecule has 0 saturated heterocycles. The third-order valence-corrected chi connectivity index (χ3v) is 6.72. The summed E-state index contributed by atoms with van der Waals surface area (Å²) in [5.41, 5.74) is 1.24. The minimum Gasteiger partial charge on any atom is -0.506 e. The molecule has 0 saturated carbocycles. The molecule has 3 rings (SSSR count). The summed E-state index contributed by atoms with van der Waals surface area (Å²) in [5, 5.41) is 23.7. The Kier molecular flexibility index (Phi) is 12.4. The number of hydrogen-bond acceptors (Lipinski definition) is 6. The molecule has 0 aliphatic carbocycles. The van der Waals surface area contributed by atoms with Gasteiger partial charge in [-0.15, -0.1) is 10.2 Å². The minimum atomic E-state index is -0.477. The Morgan fingerprint density at radius 3 is 2.03 bits per heavy atom. The summed E-state index contributed by atoms with van der Waals surface area (Å²) in [7, 11) is 0. The molecule has 3 aromatic carbocycles. The van der Waals surface area contributed by atoms with Crippen LogP contribution in [-0.4, -0.2) is 30.1 Å². The maximum absolute atomic E-state index is 13.0. The van der Waals surface area contributed by atoms with Crippen molar-refractivity contribution >= 4 is 34.0 Å². The number of aromatic hydroxyl groups is 1. The van der Waals surface area contributed by atoms with E-state index in [1.807, 2.05) is 12.1 Å². The zero-order valence-electron chi connectivity index (χ0n) is 23.2. The number of nitrogens with zero attached hydrogens (tertiary/aromatic N) is 2. The van der Waals surface area contributed by atoms with Crippen molar-refractivity contribution in [3.05, 3.63) is 65.7 Å². The normalized spacial score (nSPS) is 11.2. The van der Waals surface area contributed by atoms with Crippen molar-refractivity contribution < 1.29 is 19.4 Å². The predicted octanol–water partition coefficient (Wildman–Crippen LogP) is 8.79. The van der Waals surface area contributed by atoms with Crippen LogP contribution in [-0.2, 0) is 4.74 Å². The average molecular weight is 532 g/mol. The quantitative estimate of drug-likeness (QED) is 0.110. The van der Waals surface area contributed by atoms with Crippen LogP contribution in [0.4, 0.5) is 11.4 Å². The Hall–Kier alpha value is -3.74. The Balaban J connectivity index is 1.65. The summed E-state index contributed by atoms with van der Waals surface area (Å²) >= 11 is 0. The molecular formula is C32H41N3O4. The number of ether oxygens (including phenoxy) is 1. The van der Waals surface area contributed by atoms with Crippen molar-refractivity contribution in [2.75, 3.05) is 13.2 Å². The summed E-state index contributed by atoms with van der Waals surface area (Å²) < 4.78 is 5.12. The van der Waals surface area contributed by atoms with Gasteiger partial charge in [-0.2, -0.15) is 0 Å². The van der Waals surface area contributed by atoms with E-state index in [4.69, 9.17) is 4.74 Å². The van der Waals surface area contributed by atoms with Crippen LogP contribution in [0.1, 0.15) is 98.8 Å². The molecule has 0 radical (unpaired) electrons. The van der Waals surface area contributed by atoms with E-state index in [1.54, 1.807) is 49.4 Å². The number of fused-ring (bicyclic) bond motifs is 1. The SMILES string of the molecule is CCCCCCCCCCCCNC(=O)c1cc(N=Nc2ccccc2C(=O)OCC)c2ccccc2c1O. The number of amides is 1. The molecule has 0 aliphatic rings. The number of nitrogens with one attached hydrogen (secondary N) is 1. The van der Waals surface area contributed by atoms with Crippen LogP contribution < -0.4 is 5.32 Å². The maximum Gasteiger partial charge on any atom is 0.340 e. The molecule has 0 fully saturated rings. The van der Waals surface area contributed by atoms with Crippen molar-refractivity contribution in [1.82, 2.24) is 5.32 Å². The van der Waals surface area contributed by atoms with Crippen molar-refractivity contribution in [2.45, 2.75) is 78.1 Å². The smallest absolute Gasteiger partial charge is 0.340 e. The molecule has 0 bridgehead atoms. The summed E-state index contributed by atoms with van der Waals surface area (Å²) in [5.74, 6) is -0.913. The molecule has 7 nitrogen and oxygen atoms in total. The Labute approximate surface area is 231 Å². The Morgan fingerprint density at radius 2 is 1.33 bits per heavy atom. The Morgan fingerprint density at radius 1 is 0.744 bits per heavy atom. The van der Waals surface area contributed by atoms with E-state index in [9.17, 15) is 14.7 Å². The van der Waals surface area contributed by atoms with Gasteiger partial charge in [0.05, 0.1) is 23.4 Å². The molecule has 0 spiro atoms. The van der Waals surface area contributed by atoms with Gasteiger partial charge in [-0.1, -0.05) is 101 Å². The zero-order chi connectivity index (χ0) is 27.9. The highest BCUT2D eigenvalue weighted by Crippen LogP contribution is 2.37. The number of esters is 1. The molecule has 39 heavy (non-hydrogen) atoms. The van der Waals surface area contributed by atoms with Gasteiger partial charge in [-0.3, -0.25) is 4.79 Å². The van der Waals surface area contributed by atoms with Crippen molar-refractivity contribution in [3.63, 3.8) is 0 Å². The lowest BCUT2D eigenvalue weighted by Gasteiger charge is -2.11. The molecular weight excluding hydrogens is 490 g/mol. The second-order valence-corrected chi connectivity index (χ2v) is 9.71. The molecule has 0 aliphatic heterocycles. The van der Waals surface area contributed by atoms with Gasteiger partial charge in [-0.25, -0.2) is 4.79 Å². The van der Waals surface area contributed by atoms with Crippen LogP contribution in [0.15, 0.2) is 64.8 Å². The van der Waals surface area contributed by atoms with Gasteiger partial charge in [0.1, 0.15) is 11.4 Å². The van der Waals surface area contributed by atoms with Crippen LogP contribution in [0.5, 0.6) is 5.75 Å². The lowest BCUT2D eigenvalue weighted by molar-refractivity contribution is 0.0527. The lowest BCUT2D eigenvalue weighted by Crippen LogP contribution is -2.24. The number of carbonyl (C=O) groups excluding carboxylic acids is 2. The van der Waals surface area contributed by atoms with Gasteiger partial charge in [0, 0.05) is 17.3 Å². The van der Waals surface area contributed by atoms with Crippen LogP contribution in [0, 0.1) is 0 Å². The van der Waals surface area contributed by atoms with Gasteiger partial charge in [0.2, 0.25) is 0 Å². The fourth-order valence-corrected chi connectivity index (χ4v) is 4.56. The molecule has 3 aromatic rings. The number of carbonyl (C=O) groups is 2. The highest BCUT2D eigenvalue weighted by molar-refractivity contribution is 6.07. The monoisotopic (exact) mass is 531 g/mol. The molecule has 7 heteroatoms. The van der Waals surface area contributed by atoms with Crippen LogP contribution in [0.2, 0.25) is 0 Å². The summed E-state index contributed by atoms with van der Waals surface area (Å²) in [6.45, 7) is 4.78. The molecule has 2 N–H and O–H groups in total. The first-order chi connectivity index (χ1) is 19.1. The first kappa shape index (κ1) is 29.8. The van der Waals surface area contributed by atoms with E-state index in [-0.39, 0.29) is 23.8 Å². The predicted molar refractivity (Wildman–Crippen MR) is 156 cm³/mol. The number of unbranched alkanes of at least 4 members (excludes halogenated alkanes) is 9. The second kappa shape index (κ2) is 16.3. The van der Waals surface area contributed by atoms with Gasteiger partial charge in [-0.05, 0) is 31.5 Å². The van der Waals surface area contributed by atoms with Gasteiger partial charge < -0.3 is 15.2 Å². The van der Waals surface area contributed by atoms with Gasteiger partial charge >= 0.3 is 5.97 Å². The second-order valence-electron chi connectivity index (χ2n) is 9.71. The lowest BCUT2D eigenvalue weighted by atomic mass is 10.0. The summed E-state index contributed by atoms with van der Waals surface area (Å²) in [6.07, 6.45) is 12.2. The van der Waals surface area contributed by atoms with E-state index in [2.05, 4.69) is 22.5 Å². The zero-order valence-corrected chi connectivity index (χ0v) is 23.2. The highest BCUT2D eigenvalue weighted by atomic mass is 16.5. The van der Waals surface area contributed by atoms with E-state index in [1.165, 1.54) is 51.4 Å². The van der Waals surface area contributed by atoms with Crippen molar-refractivity contribution in [1.29, 1.82) is 0 Å². The third kappa shape index (κ3) is 8.91. The van der Waals surface area contributed by atoms with E-state index in [0.29, 0.717) is 34.3 Å². The maximum atomic E-state index is 13.0. The number of azo groups is 1. The van der Waals surface area contributed by atoms with Gasteiger partial charge in [0.25, 0.3) is 5.91 Å². The fraction of sp³-hybridized carbons (Fsp3) is 0.438. The number of phenolic OH excluding ortho intramolecular Hbond substituents is 1. The van der Waals surface area contributed by atoms with Crippen LogP contribution in [0.25, 0.3) is 10.8 Å². The van der Waals surface area contributed by atoms with Crippen molar-refractivity contribution in [2.24, 2.45) is 10.2 Å². The molecule has 0 aromatic heterocycles. The molecule has 0 unspecified atom stereocenters. The number of benzene rings is 3.